The molecule has 10 nitrogen and oxygen atoms in total. The van der Waals surface area contributed by atoms with E-state index in [-0.39, 0.29) is 17.8 Å². The Balaban J connectivity index is 0.764. The summed E-state index contributed by atoms with van der Waals surface area (Å²) in [5, 5.41) is 4.01. The highest BCUT2D eigenvalue weighted by Crippen LogP contribution is 2.38. The Morgan fingerprint density at radius 1 is 0.811 bits per heavy atom. The van der Waals surface area contributed by atoms with Crippen LogP contribution < -0.4 is 25.8 Å². The molecule has 3 aromatic carbocycles. The summed E-state index contributed by atoms with van der Waals surface area (Å²) < 4.78 is 16.9. The molecule has 1 atom stereocenters. The SMILES string of the molecule is Nc1c[nH]c2c(N3CCC[C@@H](c4ccc(N5CCC(CN6CCC(n7ccc8c(N9CCC(=O)NC9=O)cccc87)CC6)CC5)cc4)C3)ccc(F)c12. The number of H-pyrrole nitrogens is 1. The van der Waals surface area contributed by atoms with E-state index in [1.54, 1.807) is 17.2 Å². The number of halogens is 1. The van der Waals surface area contributed by atoms with Crippen molar-refractivity contribution in [2.45, 2.75) is 56.9 Å². The number of aromatic amines is 1. The van der Waals surface area contributed by atoms with E-state index in [0.29, 0.717) is 36.0 Å². The number of rotatable bonds is 7. The number of imide groups is 1. The second-order valence-electron chi connectivity index (χ2n) is 15.6. The average Bonchev–Trinajstić information content (AvgIpc) is 3.80. The van der Waals surface area contributed by atoms with Crippen molar-refractivity contribution in [3.05, 3.63) is 84.4 Å². The molecule has 4 saturated heterocycles. The first-order chi connectivity index (χ1) is 25.9. The summed E-state index contributed by atoms with van der Waals surface area (Å²) in [6.07, 6.45) is 11.1. The van der Waals surface area contributed by atoms with Crippen LogP contribution in [0.25, 0.3) is 21.8 Å². The first-order valence-electron chi connectivity index (χ1n) is 19.5. The van der Waals surface area contributed by atoms with Gasteiger partial charge in [0.25, 0.3) is 0 Å². The molecule has 0 unspecified atom stereocenters. The molecule has 2 aromatic heterocycles. The maximum Gasteiger partial charge on any atom is 0.328 e. The number of hydrogen-bond donors (Lipinski definition) is 3. The van der Waals surface area contributed by atoms with Crippen molar-refractivity contribution in [3.63, 3.8) is 0 Å². The zero-order valence-corrected chi connectivity index (χ0v) is 30.3. The third kappa shape index (κ3) is 6.49. The minimum atomic E-state index is -0.337. The summed E-state index contributed by atoms with van der Waals surface area (Å²) in [5.41, 5.74) is 13.1. The van der Waals surface area contributed by atoms with Crippen LogP contribution in [0.5, 0.6) is 0 Å². The number of hydrogen-bond acceptors (Lipinski definition) is 6. The Labute approximate surface area is 309 Å². The number of likely N-dealkylation sites (tertiary alicyclic amines) is 1. The lowest BCUT2D eigenvalue weighted by Crippen LogP contribution is -2.49. The van der Waals surface area contributed by atoms with Crippen LogP contribution in [-0.2, 0) is 4.79 Å². The van der Waals surface area contributed by atoms with E-state index in [1.807, 2.05) is 18.2 Å². The highest BCUT2D eigenvalue weighted by Gasteiger charge is 2.29. The molecule has 4 fully saturated rings. The van der Waals surface area contributed by atoms with Crippen molar-refractivity contribution in [2.24, 2.45) is 5.92 Å². The number of nitrogens with one attached hydrogen (secondary N) is 2. The van der Waals surface area contributed by atoms with E-state index in [2.05, 4.69) is 72.2 Å². The molecule has 0 spiro atoms. The predicted molar refractivity (Wildman–Crippen MR) is 210 cm³/mol. The summed E-state index contributed by atoms with van der Waals surface area (Å²) in [4.78, 5) is 36.8. The zero-order chi connectivity index (χ0) is 36.1. The van der Waals surface area contributed by atoms with E-state index >= 15 is 0 Å². The molecule has 9 rings (SSSR count). The number of amides is 3. The van der Waals surface area contributed by atoms with Gasteiger partial charge in [0.2, 0.25) is 5.91 Å². The molecule has 3 amide bonds. The minimum absolute atomic E-state index is 0.210. The van der Waals surface area contributed by atoms with Crippen LogP contribution in [0, 0.1) is 11.7 Å². The normalized spacial score (nSPS) is 21.2. The molecule has 4 N–H and O–H groups in total. The molecular weight excluding hydrogens is 668 g/mol. The lowest BCUT2D eigenvalue weighted by atomic mass is 9.89. The van der Waals surface area contributed by atoms with Gasteiger partial charge in [0.1, 0.15) is 5.82 Å². The standard InChI is InChI=1S/C42H49FN8O2/c43-34-10-11-38(41-40(34)35(44)25-45-41)49-18-2-3-30(27-49)29-6-8-31(9-7-29)48-21-12-28(13-22-48)26-47-19-14-32(15-20-47)50-23-16-33-36(50)4-1-5-37(33)51-24-17-39(52)46-42(51)53/h1,4-11,16,23,25,28,30,32,45H,2-3,12-15,17-22,24,26-27,44H2,(H,46,52,53)/t30-/m1/s1. The number of nitrogen functional groups attached to an aromatic ring is 1. The van der Waals surface area contributed by atoms with Gasteiger partial charge in [-0.25, -0.2) is 9.18 Å². The molecule has 6 heterocycles. The van der Waals surface area contributed by atoms with Gasteiger partial charge in [0, 0.05) is 94.2 Å². The average molecular weight is 717 g/mol. The number of carbonyl (C=O) groups excluding carboxylic acids is 2. The summed E-state index contributed by atoms with van der Waals surface area (Å²) in [5.74, 6) is 0.672. The van der Waals surface area contributed by atoms with Crippen LogP contribution in [0.2, 0.25) is 0 Å². The second-order valence-corrected chi connectivity index (χ2v) is 15.6. The van der Waals surface area contributed by atoms with Gasteiger partial charge in [-0.15, -0.1) is 0 Å². The van der Waals surface area contributed by atoms with Crippen LogP contribution in [0.15, 0.2) is 73.1 Å². The van der Waals surface area contributed by atoms with Gasteiger partial charge < -0.3 is 30.0 Å². The number of benzene rings is 3. The van der Waals surface area contributed by atoms with E-state index < -0.39 is 0 Å². The molecule has 0 saturated carbocycles. The van der Waals surface area contributed by atoms with Gasteiger partial charge in [-0.2, -0.15) is 0 Å². The Morgan fingerprint density at radius 3 is 2.42 bits per heavy atom. The Kier molecular flexibility index (Phi) is 8.97. The molecule has 53 heavy (non-hydrogen) atoms. The fourth-order valence-corrected chi connectivity index (χ4v) is 9.54. The number of fused-ring (bicyclic) bond motifs is 2. The fraction of sp³-hybridized carbons (Fsp3) is 0.429. The van der Waals surface area contributed by atoms with Crippen LogP contribution in [0.1, 0.15) is 62.5 Å². The lowest BCUT2D eigenvalue weighted by molar-refractivity contribution is -0.120. The number of anilines is 4. The molecule has 4 aliphatic heterocycles. The number of nitrogens with zero attached hydrogens (tertiary/aromatic N) is 5. The summed E-state index contributed by atoms with van der Waals surface area (Å²) >= 11 is 0. The monoisotopic (exact) mass is 716 g/mol. The highest BCUT2D eigenvalue weighted by atomic mass is 19.1. The topological polar surface area (TPSA) is 106 Å². The van der Waals surface area contributed by atoms with Gasteiger partial charge in [0.05, 0.1) is 33.5 Å². The molecular formula is C42H49FN8O2. The highest BCUT2D eigenvalue weighted by molar-refractivity contribution is 6.09. The Bertz CT molecular complexity index is 2130. The second kappa shape index (κ2) is 14.1. The number of carbonyl (C=O) groups is 2. The van der Waals surface area contributed by atoms with E-state index in [9.17, 15) is 14.0 Å². The van der Waals surface area contributed by atoms with Crippen molar-refractivity contribution in [3.8, 4) is 0 Å². The van der Waals surface area contributed by atoms with Gasteiger partial charge in [0.15, 0.2) is 0 Å². The summed E-state index contributed by atoms with van der Waals surface area (Å²) in [6.45, 7) is 7.85. The number of nitrogens with two attached hydrogens (primary N) is 1. The van der Waals surface area contributed by atoms with Gasteiger partial charge in [-0.3, -0.25) is 15.0 Å². The van der Waals surface area contributed by atoms with Crippen molar-refractivity contribution in [2.75, 3.05) is 72.8 Å². The third-order valence-corrected chi connectivity index (χ3v) is 12.5. The molecule has 276 valence electrons. The van der Waals surface area contributed by atoms with E-state index in [0.717, 1.165) is 98.7 Å². The molecule has 11 heteroatoms. The minimum Gasteiger partial charge on any atom is -0.397 e. The summed E-state index contributed by atoms with van der Waals surface area (Å²) in [6, 6.07) is 21.1. The maximum absolute atomic E-state index is 14.5. The van der Waals surface area contributed by atoms with Gasteiger partial charge in [-0.1, -0.05) is 18.2 Å². The van der Waals surface area contributed by atoms with E-state index in [4.69, 9.17) is 5.73 Å². The van der Waals surface area contributed by atoms with E-state index in [1.165, 1.54) is 30.6 Å². The Hall–Kier alpha value is -5.03. The smallest absolute Gasteiger partial charge is 0.328 e. The largest absolute Gasteiger partial charge is 0.397 e. The zero-order valence-electron chi connectivity index (χ0n) is 30.3. The first-order valence-corrected chi connectivity index (χ1v) is 19.5. The van der Waals surface area contributed by atoms with Crippen LogP contribution in [0.3, 0.4) is 0 Å². The van der Waals surface area contributed by atoms with Crippen LogP contribution in [0.4, 0.5) is 31.9 Å². The third-order valence-electron chi connectivity index (χ3n) is 12.5. The van der Waals surface area contributed by atoms with Gasteiger partial charge >= 0.3 is 6.03 Å². The van der Waals surface area contributed by atoms with Crippen LogP contribution >= 0.6 is 0 Å². The maximum atomic E-state index is 14.5. The van der Waals surface area contributed by atoms with Crippen molar-refractivity contribution >= 4 is 56.5 Å². The van der Waals surface area contributed by atoms with Crippen molar-refractivity contribution < 1.29 is 14.0 Å². The quantitative estimate of drug-likeness (QED) is 0.164. The van der Waals surface area contributed by atoms with Gasteiger partial charge in [-0.05, 0) is 92.5 Å². The molecule has 0 radical (unpaired) electrons. The molecule has 0 bridgehead atoms. The Morgan fingerprint density at radius 2 is 1.62 bits per heavy atom. The first kappa shape index (κ1) is 33.8. The lowest BCUT2D eigenvalue weighted by Gasteiger charge is -2.39. The fourth-order valence-electron chi connectivity index (χ4n) is 9.54. The molecule has 4 aliphatic rings. The number of urea groups is 1. The predicted octanol–water partition coefficient (Wildman–Crippen LogP) is 7.23. The number of piperidine rings is 3. The summed E-state index contributed by atoms with van der Waals surface area (Å²) in [7, 11) is 0. The van der Waals surface area contributed by atoms with Crippen LogP contribution in [-0.4, -0.2) is 78.7 Å². The van der Waals surface area contributed by atoms with Crippen molar-refractivity contribution in [1.82, 2.24) is 19.8 Å². The molecule has 5 aromatic rings. The van der Waals surface area contributed by atoms with Crippen molar-refractivity contribution in [1.29, 1.82) is 0 Å². The molecule has 0 aliphatic carbocycles. The number of aromatic nitrogens is 2.